The van der Waals surface area contributed by atoms with E-state index in [-0.39, 0.29) is 0 Å². The Balaban J connectivity index is 2.26. The van der Waals surface area contributed by atoms with Crippen LogP contribution in [0.25, 0.3) is 0 Å². The summed E-state index contributed by atoms with van der Waals surface area (Å²) in [7, 11) is 0. The summed E-state index contributed by atoms with van der Waals surface area (Å²) in [6.07, 6.45) is 5.86. The van der Waals surface area contributed by atoms with Gasteiger partial charge in [0, 0.05) is 19.2 Å². The minimum Gasteiger partial charge on any atom is -0.329 e. The van der Waals surface area contributed by atoms with Gasteiger partial charge in [0.05, 0.1) is 0 Å². The van der Waals surface area contributed by atoms with Crippen molar-refractivity contribution >= 4 is 0 Å². The molecule has 0 aromatic heterocycles. The maximum Gasteiger partial charge on any atom is 0.0217 e. The molecule has 6 heavy (non-hydrogen) atoms. The smallest absolute Gasteiger partial charge is 0.0217 e. The second-order valence-corrected chi connectivity index (χ2v) is 1.12. The lowest BCUT2D eigenvalue weighted by atomic mass is 10.4. The molecule has 1 heterocycles. The zero-order valence-corrected chi connectivity index (χ0v) is 3.44. The van der Waals surface area contributed by atoms with E-state index in [2.05, 4.69) is 10.9 Å². The minimum atomic E-state index is 0.927. The largest absolute Gasteiger partial charge is 0.329 e. The van der Waals surface area contributed by atoms with Gasteiger partial charge < -0.3 is 5.43 Å². The molecule has 0 aromatic carbocycles. The summed E-state index contributed by atoms with van der Waals surface area (Å²) in [5.74, 6) is 0. The molecule has 0 fully saturated rings. The van der Waals surface area contributed by atoms with Crippen molar-refractivity contribution in [1.82, 2.24) is 10.9 Å². The van der Waals surface area contributed by atoms with Gasteiger partial charge in [-0.2, -0.15) is 0 Å². The van der Waals surface area contributed by atoms with Crippen LogP contribution in [0.1, 0.15) is 0 Å². The van der Waals surface area contributed by atoms with Crippen molar-refractivity contribution < 1.29 is 0 Å². The molecule has 2 heteroatoms. The number of hydrogen-bond acceptors (Lipinski definition) is 2. The molecule has 1 aliphatic rings. The Hall–Kier alpha value is -0.500. The number of hydrazine groups is 1. The molecule has 0 spiro atoms. The summed E-state index contributed by atoms with van der Waals surface area (Å²) in [5, 5.41) is 0. The van der Waals surface area contributed by atoms with Crippen LogP contribution in [0.3, 0.4) is 0 Å². The highest BCUT2D eigenvalue weighted by Gasteiger charge is 1.83. The van der Waals surface area contributed by atoms with Gasteiger partial charge in [-0.05, 0) is 0 Å². The fourth-order valence-electron chi connectivity index (χ4n) is 0.361. The van der Waals surface area contributed by atoms with Gasteiger partial charge in [0.1, 0.15) is 0 Å². The van der Waals surface area contributed by atoms with Gasteiger partial charge in [-0.1, -0.05) is 6.08 Å². The maximum absolute atomic E-state index is 2.89. The molecule has 2 nitrogen and oxygen atoms in total. The van der Waals surface area contributed by atoms with E-state index in [0.29, 0.717) is 0 Å². The van der Waals surface area contributed by atoms with Gasteiger partial charge in [-0.15, -0.1) is 0 Å². The fourth-order valence-corrected chi connectivity index (χ4v) is 0.361. The van der Waals surface area contributed by atoms with Crippen molar-refractivity contribution in [3.8, 4) is 0 Å². The number of hydrogen-bond donors (Lipinski definition) is 2. The molecule has 1 rings (SSSR count). The van der Waals surface area contributed by atoms with Crippen LogP contribution in [-0.2, 0) is 0 Å². The lowest BCUT2D eigenvalue weighted by Crippen LogP contribution is -2.30. The van der Waals surface area contributed by atoms with Gasteiger partial charge in [-0.25, -0.2) is 5.43 Å². The zero-order chi connectivity index (χ0) is 4.24. The first-order chi connectivity index (χ1) is 3.00. The molecule has 1 aliphatic heterocycles. The highest BCUT2D eigenvalue weighted by molar-refractivity contribution is 4.97. The molecule has 1 radical (unpaired) electrons. The average Bonchev–Trinajstić information content (AvgIpc) is 1.72. The van der Waals surface area contributed by atoms with Crippen LogP contribution in [0.15, 0.2) is 12.3 Å². The van der Waals surface area contributed by atoms with Crippen LogP contribution in [0.5, 0.6) is 0 Å². The molecule has 0 bridgehead atoms. The normalized spacial score (nSPS) is 20.0. The average molecular weight is 83.1 g/mol. The highest BCUT2D eigenvalue weighted by Crippen LogP contribution is 1.77. The molecule has 2 N–H and O–H groups in total. The lowest BCUT2D eigenvalue weighted by Gasteiger charge is -2.04. The van der Waals surface area contributed by atoms with Crippen LogP contribution >= 0.6 is 0 Å². The van der Waals surface area contributed by atoms with Crippen molar-refractivity contribution in [2.75, 3.05) is 6.54 Å². The first-order valence-electron chi connectivity index (χ1n) is 1.97. The van der Waals surface area contributed by atoms with E-state index in [4.69, 9.17) is 0 Å². The summed E-state index contributed by atoms with van der Waals surface area (Å²) in [5.41, 5.74) is 5.72. The summed E-state index contributed by atoms with van der Waals surface area (Å²) in [4.78, 5) is 0. The Morgan fingerprint density at radius 2 is 2.50 bits per heavy atom. The highest BCUT2D eigenvalue weighted by atomic mass is 15.3. The van der Waals surface area contributed by atoms with Crippen LogP contribution in [0, 0.1) is 6.42 Å². The third-order valence-electron chi connectivity index (χ3n) is 0.638. The molecule has 0 saturated carbocycles. The van der Waals surface area contributed by atoms with Gasteiger partial charge in [0.25, 0.3) is 0 Å². The maximum atomic E-state index is 2.89. The predicted molar refractivity (Wildman–Crippen MR) is 24.6 cm³/mol. The quantitative estimate of drug-likeness (QED) is 0.424. The van der Waals surface area contributed by atoms with Crippen LogP contribution < -0.4 is 10.9 Å². The molecular formula is C4H7N2. The van der Waals surface area contributed by atoms with Crippen LogP contribution in [0.2, 0.25) is 0 Å². The summed E-state index contributed by atoms with van der Waals surface area (Å²) >= 11 is 0. The van der Waals surface area contributed by atoms with E-state index >= 15 is 0 Å². The van der Waals surface area contributed by atoms with Crippen molar-refractivity contribution in [3.63, 3.8) is 0 Å². The first kappa shape index (κ1) is 3.68. The van der Waals surface area contributed by atoms with Crippen LogP contribution in [0.4, 0.5) is 0 Å². The van der Waals surface area contributed by atoms with Crippen LogP contribution in [-0.4, -0.2) is 6.54 Å². The third kappa shape index (κ3) is 0.723. The van der Waals surface area contributed by atoms with Crippen molar-refractivity contribution in [3.05, 3.63) is 18.7 Å². The first-order valence-corrected chi connectivity index (χ1v) is 1.97. The third-order valence-corrected chi connectivity index (χ3v) is 0.638. The van der Waals surface area contributed by atoms with Gasteiger partial charge in [0.2, 0.25) is 0 Å². The van der Waals surface area contributed by atoms with E-state index in [9.17, 15) is 0 Å². The van der Waals surface area contributed by atoms with Crippen molar-refractivity contribution in [2.45, 2.75) is 0 Å². The molecule has 33 valence electrons. The summed E-state index contributed by atoms with van der Waals surface area (Å²) in [6, 6.07) is 0. The Labute approximate surface area is 37.2 Å². The molecule has 0 aromatic rings. The molecular weight excluding hydrogens is 76.1 g/mol. The lowest BCUT2D eigenvalue weighted by molar-refractivity contribution is 0.651. The van der Waals surface area contributed by atoms with Gasteiger partial charge >= 0.3 is 0 Å². The standard InChI is InChI=1S/C4H7N2/c1-2-4-6-5-3-1/h1-3,5-6H,4H2. The zero-order valence-electron chi connectivity index (χ0n) is 3.44. The second kappa shape index (κ2) is 1.82. The Bertz CT molecular complexity index is 50.6. The van der Waals surface area contributed by atoms with E-state index in [1.54, 1.807) is 0 Å². The second-order valence-electron chi connectivity index (χ2n) is 1.12. The SMILES string of the molecule is [CH]1C=CNNC1. The summed E-state index contributed by atoms with van der Waals surface area (Å²) in [6.45, 7) is 0.927. The van der Waals surface area contributed by atoms with E-state index in [1.807, 2.05) is 18.7 Å². The van der Waals surface area contributed by atoms with Crippen molar-refractivity contribution in [1.29, 1.82) is 0 Å². The molecule has 0 unspecified atom stereocenters. The molecule has 0 amide bonds. The Kier molecular flexibility index (Phi) is 1.12. The van der Waals surface area contributed by atoms with E-state index in [0.717, 1.165) is 6.54 Å². The molecule has 0 atom stereocenters. The number of rotatable bonds is 0. The van der Waals surface area contributed by atoms with Gasteiger partial charge in [0.15, 0.2) is 0 Å². The number of nitrogens with one attached hydrogen (secondary N) is 2. The monoisotopic (exact) mass is 83.1 g/mol. The summed E-state index contributed by atoms with van der Waals surface area (Å²) < 4.78 is 0. The van der Waals surface area contributed by atoms with E-state index < -0.39 is 0 Å². The van der Waals surface area contributed by atoms with Gasteiger partial charge in [-0.3, -0.25) is 0 Å². The van der Waals surface area contributed by atoms with E-state index in [1.165, 1.54) is 0 Å². The Morgan fingerprint density at radius 1 is 1.50 bits per heavy atom. The Morgan fingerprint density at radius 3 is 2.67 bits per heavy atom. The fraction of sp³-hybridized carbons (Fsp3) is 0.250. The minimum absolute atomic E-state index is 0.927. The topological polar surface area (TPSA) is 24.1 Å². The molecule has 0 aliphatic carbocycles. The molecule has 0 saturated heterocycles. The van der Waals surface area contributed by atoms with Crippen molar-refractivity contribution in [2.24, 2.45) is 0 Å². The predicted octanol–water partition coefficient (Wildman–Crippen LogP) is -0.188.